The maximum Gasteiger partial charge on any atom is 0.263 e. The lowest BCUT2D eigenvalue weighted by Gasteiger charge is -2.23. The van der Waals surface area contributed by atoms with Crippen molar-refractivity contribution in [2.45, 2.75) is 57.4 Å². The van der Waals surface area contributed by atoms with Crippen LogP contribution in [-0.2, 0) is 16.4 Å². The quantitative estimate of drug-likeness (QED) is 0.176. The third-order valence-electron chi connectivity index (χ3n) is 7.89. The van der Waals surface area contributed by atoms with Gasteiger partial charge in [0.15, 0.2) is 15.6 Å². The number of ketones is 1. The van der Waals surface area contributed by atoms with Crippen LogP contribution in [0, 0.1) is 5.92 Å². The summed E-state index contributed by atoms with van der Waals surface area (Å²) in [6, 6.07) is 16.5. The number of benzene rings is 2. The summed E-state index contributed by atoms with van der Waals surface area (Å²) in [6.45, 7) is 11.3. The van der Waals surface area contributed by atoms with Crippen molar-refractivity contribution in [3.05, 3.63) is 93.8 Å². The van der Waals surface area contributed by atoms with E-state index in [0.29, 0.717) is 28.7 Å². The van der Waals surface area contributed by atoms with E-state index in [2.05, 4.69) is 48.4 Å². The number of nitrogens with zero attached hydrogens (tertiary/aromatic N) is 2. The number of piperidine rings is 1. The van der Waals surface area contributed by atoms with Crippen molar-refractivity contribution in [1.82, 2.24) is 9.88 Å². The molecule has 1 saturated heterocycles. The molecule has 2 N–H and O–H groups in total. The topological polar surface area (TPSA) is 110 Å². The van der Waals surface area contributed by atoms with Gasteiger partial charge in [0.05, 0.1) is 17.0 Å². The van der Waals surface area contributed by atoms with Crippen LogP contribution >= 0.6 is 0 Å². The Bertz CT molecular complexity index is 1650. The van der Waals surface area contributed by atoms with Gasteiger partial charge in [-0.15, -0.1) is 0 Å². The molecule has 42 heavy (non-hydrogen) atoms. The molecule has 2 heterocycles. The largest absolute Gasteiger partial charge is 0.343 e. The van der Waals surface area contributed by atoms with Gasteiger partial charge in [-0.25, -0.2) is 13.4 Å². The molecule has 0 radical (unpaired) electrons. The van der Waals surface area contributed by atoms with Gasteiger partial charge in [-0.2, -0.15) is 0 Å². The van der Waals surface area contributed by atoms with Crippen LogP contribution in [-0.4, -0.2) is 43.9 Å². The summed E-state index contributed by atoms with van der Waals surface area (Å²) in [5.74, 6) is 1.11. The first kappa shape index (κ1) is 31.1. The predicted molar refractivity (Wildman–Crippen MR) is 171 cm³/mol. The Hall–Kier alpha value is -3.82. The number of anilines is 1. The summed E-state index contributed by atoms with van der Waals surface area (Å²) in [6.07, 6.45) is 5.72. The first-order chi connectivity index (χ1) is 20.0. The lowest BCUT2D eigenvalue weighted by atomic mass is 9.90. The maximum atomic E-state index is 13.7. The molecule has 1 atom stereocenters. The minimum absolute atomic E-state index is 0.00565. The number of aliphatic imine (C=N–C) groups is 1. The molecule has 1 aromatic heterocycles. The highest BCUT2D eigenvalue weighted by Gasteiger charge is 2.21. The second-order valence-electron chi connectivity index (χ2n) is 10.9. The molecule has 2 aromatic carbocycles. The van der Waals surface area contributed by atoms with Gasteiger partial charge in [0, 0.05) is 23.4 Å². The van der Waals surface area contributed by atoms with E-state index in [1.54, 1.807) is 24.3 Å². The number of pyridine rings is 1. The third-order valence-corrected chi connectivity index (χ3v) is 9.09. The minimum Gasteiger partial charge on any atom is -0.343 e. The van der Waals surface area contributed by atoms with Gasteiger partial charge < -0.3 is 10.6 Å². The Morgan fingerprint density at radius 3 is 2.43 bits per heavy atom. The van der Waals surface area contributed by atoms with Crippen LogP contribution in [0.25, 0.3) is 6.08 Å². The summed E-state index contributed by atoms with van der Waals surface area (Å²) in [4.78, 5) is 31.2. The molecule has 0 amide bonds. The summed E-state index contributed by atoms with van der Waals surface area (Å²) >= 11 is 0. The van der Waals surface area contributed by atoms with Crippen molar-refractivity contribution in [3.63, 3.8) is 0 Å². The SMILES string of the molecule is C=Cc1cc(C(C)=O)c(=O)n(Cc2ccccc2S(C)(=O)=O)c1N=C(Nc1ccc(C2CCNCC2)cc1)C(C)CC. The van der Waals surface area contributed by atoms with E-state index in [9.17, 15) is 18.0 Å². The molecule has 8 nitrogen and oxygen atoms in total. The molecule has 1 aliphatic heterocycles. The fourth-order valence-corrected chi connectivity index (χ4v) is 6.16. The van der Waals surface area contributed by atoms with Crippen LogP contribution < -0.4 is 16.2 Å². The fraction of sp³-hybridized carbons (Fsp3) is 0.364. The highest BCUT2D eigenvalue weighted by molar-refractivity contribution is 7.90. The second kappa shape index (κ2) is 13.4. The van der Waals surface area contributed by atoms with Crippen molar-refractivity contribution < 1.29 is 13.2 Å². The molecule has 1 fully saturated rings. The number of Topliss-reactive ketones (excluding diaryl/α,β-unsaturated/α-hetero) is 1. The standard InChI is InChI=1S/C33H40N4O4S/c1-6-22(3)31(35-28-14-12-25(13-15-28)26-16-18-34-19-17-26)36-32-24(7-2)20-29(23(4)38)33(39)37(32)21-27-10-8-9-11-30(27)42(5,40)41/h7-15,20,22,26,34H,2,6,16-19,21H2,1,3-5H3,(H,35,36). The zero-order valence-electron chi connectivity index (χ0n) is 24.8. The second-order valence-corrected chi connectivity index (χ2v) is 12.9. The number of aromatic nitrogens is 1. The van der Waals surface area contributed by atoms with Gasteiger partial charge in [-0.1, -0.05) is 56.8 Å². The average molecular weight is 589 g/mol. The zero-order valence-corrected chi connectivity index (χ0v) is 25.6. The summed E-state index contributed by atoms with van der Waals surface area (Å²) in [5.41, 5.74) is 2.58. The molecule has 0 bridgehead atoms. The van der Waals surface area contributed by atoms with Gasteiger partial charge in [-0.3, -0.25) is 14.2 Å². The van der Waals surface area contributed by atoms with E-state index >= 15 is 0 Å². The Kier molecular flexibility index (Phi) is 9.96. The summed E-state index contributed by atoms with van der Waals surface area (Å²) < 4.78 is 26.5. The number of hydrogen-bond donors (Lipinski definition) is 2. The Balaban J connectivity index is 1.83. The highest BCUT2D eigenvalue weighted by Crippen LogP contribution is 2.28. The number of amidine groups is 1. The molecule has 1 aliphatic rings. The van der Waals surface area contributed by atoms with Gasteiger partial charge in [0.1, 0.15) is 11.7 Å². The smallest absolute Gasteiger partial charge is 0.263 e. The van der Waals surface area contributed by atoms with Crippen LogP contribution in [0.4, 0.5) is 11.5 Å². The molecular weight excluding hydrogens is 548 g/mol. The van der Waals surface area contributed by atoms with Gasteiger partial charge in [0.2, 0.25) is 0 Å². The highest BCUT2D eigenvalue weighted by atomic mass is 32.2. The first-order valence-corrected chi connectivity index (χ1v) is 16.3. The van der Waals surface area contributed by atoms with Crippen molar-refractivity contribution in [3.8, 4) is 0 Å². The number of sulfone groups is 1. The number of carbonyl (C=O) groups excluding carboxylic acids is 1. The van der Waals surface area contributed by atoms with E-state index in [1.165, 1.54) is 29.2 Å². The van der Waals surface area contributed by atoms with Crippen molar-refractivity contribution in [2.75, 3.05) is 24.7 Å². The number of nitrogens with one attached hydrogen (secondary N) is 2. The van der Waals surface area contributed by atoms with Crippen molar-refractivity contribution >= 4 is 39.0 Å². The molecule has 0 saturated carbocycles. The van der Waals surface area contributed by atoms with E-state index in [1.807, 2.05) is 6.92 Å². The third kappa shape index (κ3) is 7.14. The van der Waals surface area contributed by atoms with Crippen LogP contribution in [0.5, 0.6) is 0 Å². The minimum atomic E-state index is -3.57. The molecule has 0 spiro atoms. The van der Waals surface area contributed by atoms with Crippen molar-refractivity contribution in [1.29, 1.82) is 0 Å². The fourth-order valence-electron chi connectivity index (χ4n) is 5.23. The molecule has 0 aliphatic carbocycles. The number of carbonyl (C=O) groups is 1. The molecule has 9 heteroatoms. The summed E-state index contributed by atoms with van der Waals surface area (Å²) in [7, 11) is -3.57. The van der Waals surface area contributed by atoms with Gasteiger partial charge in [0.25, 0.3) is 5.56 Å². The van der Waals surface area contributed by atoms with Crippen molar-refractivity contribution in [2.24, 2.45) is 10.9 Å². The van der Waals surface area contributed by atoms with Gasteiger partial charge in [-0.05, 0) is 80.6 Å². The average Bonchev–Trinajstić information content (AvgIpc) is 2.98. The van der Waals surface area contributed by atoms with Gasteiger partial charge >= 0.3 is 0 Å². The maximum absolute atomic E-state index is 13.7. The number of rotatable bonds is 10. The molecule has 4 rings (SSSR count). The van der Waals surface area contributed by atoms with E-state index in [0.717, 1.165) is 44.3 Å². The Morgan fingerprint density at radius 2 is 1.83 bits per heavy atom. The zero-order chi connectivity index (χ0) is 30.4. The Morgan fingerprint density at radius 1 is 1.17 bits per heavy atom. The van der Waals surface area contributed by atoms with Crippen LogP contribution in [0.2, 0.25) is 0 Å². The normalized spacial score (nSPS) is 15.3. The lowest BCUT2D eigenvalue weighted by Crippen LogP contribution is -2.28. The Labute approximate surface area is 248 Å². The summed E-state index contributed by atoms with van der Waals surface area (Å²) in [5, 5.41) is 6.88. The monoisotopic (exact) mass is 588 g/mol. The molecule has 1 unspecified atom stereocenters. The molecule has 3 aromatic rings. The first-order valence-electron chi connectivity index (χ1n) is 14.4. The van der Waals surface area contributed by atoms with Crippen LogP contribution in [0.1, 0.15) is 73.0 Å². The van der Waals surface area contributed by atoms with E-state index in [4.69, 9.17) is 4.99 Å². The molecule has 222 valence electrons. The van der Waals surface area contributed by atoms with E-state index < -0.39 is 21.2 Å². The van der Waals surface area contributed by atoms with E-state index in [-0.39, 0.29) is 22.9 Å². The van der Waals surface area contributed by atoms with Crippen LogP contribution in [0.15, 0.2) is 75.9 Å². The molecular formula is C33H40N4O4S. The lowest BCUT2D eigenvalue weighted by molar-refractivity contribution is 0.101. The number of hydrogen-bond acceptors (Lipinski definition) is 6. The predicted octanol–water partition coefficient (Wildman–Crippen LogP) is 5.80. The van der Waals surface area contributed by atoms with Crippen LogP contribution in [0.3, 0.4) is 0 Å².